The summed E-state index contributed by atoms with van der Waals surface area (Å²) in [6, 6.07) is 5.33. The van der Waals surface area contributed by atoms with Crippen LogP contribution in [0.5, 0.6) is 0 Å². The molecule has 1 aliphatic rings. The first kappa shape index (κ1) is 12.6. The number of benzene rings is 1. The molecule has 0 aromatic heterocycles. The van der Waals surface area contributed by atoms with Gasteiger partial charge in [-0.05, 0) is 33.8 Å². The second-order valence-corrected chi connectivity index (χ2v) is 5.87. The molecule has 1 aliphatic heterocycles. The smallest absolute Gasteiger partial charge is 0.299 e. The Kier molecular flexibility index (Phi) is 3.89. The SMILES string of the molecule is CCSCCN1C(=O)C(=O)c2cccc(Br)c21. The van der Waals surface area contributed by atoms with E-state index in [9.17, 15) is 9.59 Å². The maximum atomic E-state index is 11.9. The van der Waals surface area contributed by atoms with Crippen LogP contribution in [-0.2, 0) is 4.79 Å². The predicted molar refractivity (Wildman–Crippen MR) is 73.8 cm³/mol. The number of anilines is 1. The molecule has 0 fully saturated rings. The number of amides is 1. The summed E-state index contributed by atoms with van der Waals surface area (Å²) in [6.07, 6.45) is 0. The monoisotopic (exact) mass is 313 g/mol. The number of ketones is 1. The van der Waals surface area contributed by atoms with Crippen molar-refractivity contribution in [2.45, 2.75) is 6.92 Å². The summed E-state index contributed by atoms with van der Waals surface area (Å²) < 4.78 is 0.802. The summed E-state index contributed by atoms with van der Waals surface area (Å²) in [5.74, 6) is 1.04. The van der Waals surface area contributed by atoms with Crippen molar-refractivity contribution in [3.05, 3.63) is 28.2 Å². The van der Waals surface area contributed by atoms with E-state index in [1.54, 1.807) is 28.8 Å². The first-order valence-corrected chi connectivity index (χ1v) is 7.34. The van der Waals surface area contributed by atoms with Gasteiger partial charge < -0.3 is 4.90 Å². The first-order chi connectivity index (χ1) is 8.16. The number of nitrogens with zero attached hydrogens (tertiary/aromatic N) is 1. The Labute approximate surface area is 113 Å². The third-order valence-corrected chi connectivity index (χ3v) is 4.12. The number of para-hydroxylation sites is 1. The van der Waals surface area contributed by atoms with Crippen LogP contribution in [0.4, 0.5) is 5.69 Å². The fraction of sp³-hybridized carbons (Fsp3) is 0.333. The summed E-state index contributed by atoms with van der Waals surface area (Å²) in [4.78, 5) is 25.2. The number of fused-ring (bicyclic) bond motifs is 1. The van der Waals surface area contributed by atoms with Crippen LogP contribution in [0.2, 0.25) is 0 Å². The van der Waals surface area contributed by atoms with Gasteiger partial charge in [0.05, 0.1) is 11.3 Å². The molecular weight excluding hydrogens is 302 g/mol. The zero-order chi connectivity index (χ0) is 12.4. The second-order valence-electron chi connectivity index (χ2n) is 3.62. The lowest BCUT2D eigenvalue weighted by atomic mass is 10.1. The van der Waals surface area contributed by atoms with E-state index in [0.717, 1.165) is 21.7 Å². The number of hydrogen-bond acceptors (Lipinski definition) is 3. The topological polar surface area (TPSA) is 37.4 Å². The third-order valence-electron chi connectivity index (χ3n) is 2.60. The van der Waals surface area contributed by atoms with E-state index in [1.807, 2.05) is 6.07 Å². The van der Waals surface area contributed by atoms with Crippen molar-refractivity contribution in [2.24, 2.45) is 0 Å². The van der Waals surface area contributed by atoms with Gasteiger partial charge >= 0.3 is 0 Å². The number of carbonyl (C=O) groups excluding carboxylic acids is 2. The highest BCUT2D eigenvalue weighted by molar-refractivity contribution is 9.10. The Morgan fingerprint density at radius 1 is 1.35 bits per heavy atom. The predicted octanol–water partition coefficient (Wildman–Crippen LogP) is 2.73. The Bertz CT molecular complexity index is 476. The van der Waals surface area contributed by atoms with Crippen LogP contribution in [-0.4, -0.2) is 29.7 Å². The molecule has 0 saturated heterocycles. The highest BCUT2D eigenvalue weighted by atomic mass is 79.9. The van der Waals surface area contributed by atoms with Gasteiger partial charge in [0.15, 0.2) is 0 Å². The molecule has 0 spiro atoms. The highest BCUT2D eigenvalue weighted by Gasteiger charge is 2.36. The molecule has 3 nitrogen and oxygen atoms in total. The Morgan fingerprint density at radius 3 is 2.82 bits per heavy atom. The van der Waals surface area contributed by atoms with Gasteiger partial charge in [-0.15, -0.1) is 0 Å². The van der Waals surface area contributed by atoms with E-state index in [2.05, 4.69) is 22.9 Å². The Morgan fingerprint density at radius 2 is 2.12 bits per heavy atom. The van der Waals surface area contributed by atoms with Crippen LogP contribution in [0.1, 0.15) is 17.3 Å². The molecule has 0 atom stereocenters. The molecule has 0 radical (unpaired) electrons. The number of carbonyl (C=O) groups is 2. The lowest BCUT2D eigenvalue weighted by molar-refractivity contribution is -0.114. The average molecular weight is 314 g/mol. The van der Waals surface area contributed by atoms with Crippen LogP contribution in [0.15, 0.2) is 22.7 Å². The molecule has 1 heterocycles. The van der Waals surface area contributed by atoms with E-state index >= 15 is 0 Å². The molecular formula is C12H12BrNO2S. The minimum absolute atomic E-state index is 0.400. The molecule has 1 aromatic rings. The fourth-order valence-electron chi connectivity index (χ4n) is 1.83. The van der Waals surface area contributed by atoms with E-state index in [4.69, 9.17) is 0 Å². The van der Waals surface area contributed by atoms with Crippen molar-refractivity contribution in [2.75, 3.05) is 23.0 Å². The van der Waals surface area contributed by atoms with Crippen LogP contribution < -0.4 is 4.90 Å². The normalized spacial score (nSPS) is 14.4. The largest absolute Gasteiger partial charge is 0.303 e. The second kappa shape index (κ2) is 5.23. The Hall–Kier alpha value is -0.810. The van der Waals surface area contributed by atoms with Crippen molar-refractivity contribution in [1.82, 2.24) is 0 Å². The molecule has 0 aliphatic carbocycles. The number of halogens is 1. The van der Waals surface area contributed by atoms with Gasteiger partial charge in [0.2, 0.25) is 0 Å². The van der Waals surface area contributed by atoms with Gasteiger partial charge in [-0.1, -0.05) is 13.0 Å². The molecule has 0 unspecified atom stereocenters. The maximum Gasteiger partial charge on any atom is 0.299 e. The average Bonchev–Trinajstić information content (AvgIpc) is 2.56. The van der Waals surface area contributed by atoms with Crippen LogP contribution in [0.3, 0.4) is 0 Å². The third kappa shape index (κ3) is 2.26. The number of Topliss-reactive ketones (excluding diaryl/α,β-unsaturated/α-hetero) is 1. The summed E-state index contributed by atoms with van der Waals surface area (Å²) in [7, 11) is 0. The number of rotatable bonds is 4. The Balaban J connectivity index is 2.30. The number of hydrogen-bond donors (Lipinski definition) is 0. The molecule has 2 rings (SSSR count). The van der Waals surface area contributed by atoms with Crippen molar-refractivity contribution in [3.63, 3.8) is 0 Å². The van der Waals surface area contributed by atoms with E-state index in [1.165, 1.54) is 0 Å². The molecule has 0 N–H and O–H groups in total. The standard InChI is InChI=1S/C12H12BrNO2S/c1-2-17-7-6-14-10-8(11(15)12(14)16)4-3-5-9(10)13/h3-5H,2,6-7H2,1H3. The lowest BCUT2D eigenvalue weighted by Gasteiger charge is -2.17. The summed E-state index contributed by atoms with van der Waals surface area (Å²) in [6.45, 7) is 2.66. The van der Waals surface area contributed by atoms with Crippen molar-refractivity contribution in [3.8, 4) is 0 Å². The van der Waals surface area contributed by atoms with Gasteiger partial charge in [-0.2, -0.15) is 11.8 Å². The molecule has 5 heteroatoms. The van der Waals surface area contributed by atoms with Crippen molar-refractivity contribution in [1.29, 1.82) is 0 Å². The van der Waals surface area contributed by atoms with E-state index in [-0.39, 0.29) is 0 Å². The van der Waals surface area contributed by atoms with Crippen LogP contribution >= 0.6 is 27.7 Å². The minimum Gasteiger partial charge on any atom is -0.303 e. The first-order valence-electron chi connectivity index (χ1n) is 5.39. The van der Waals surface area contributed by atoms with E-state index in [0.29, 0.717) is 12.1 Å². The molecule has 1 amide bonds. The van der Waals surface area contributed by atoms with Gasteiger partial charge in [-0.25, -0.2) is 0 Å². The number of thioether (sulfide) groups is 1. The molecule has 17 heavy (non-hydrogen) atoms. The maximum absolute atomic E-state index is 11.9. The zero-order valence-electron chi connectivity index (χ0n) is 9.40. The lowest BCUT2D eigenvalue weighted by Crippen LogP contribution is -2.31. The molecule has 0 saturated carbocycles. The zero-order valence-corrected chi connectivity index (χ0v) is 11.8. The molecule has 90 valence electrons. The summed E-state index contributed by atoms with van der Waals surface area (Å²) in [5.41, 5.74) is 1.23. The van der Waals surface area contributed by atoms with Crippen molar-refractivity contribution < 1.29 is 9.59 Å². The van der Waals surface area contributed by atoms with E-state index < -0.39 is 11.7 Å². The molecule has 1 aromatic carbocycles. The van der Waals surface area contributed by atoms with Gasteiger partial charge in [0, 0.05) is 16.8 Å². The van der Waals surface area contributed by atoms with Crippen LogP contribution in [0.25, 0.3) is 0 Å². The fourth-order valence-corrected chi connectivity index (χ4v) is 3.01. The van der Waals surface area contributed by atoms with Gasteiger partial charge in [-0.3, -0.25) is 9.59 Å². The van der Waals surface area contributed by atoms with Crippen molar-refractivity contribution >= 4 is 45.1 Å². The minimum atomic E-state index is -0.413. The summed E-state index contributed by atoms with van der Waals surface area (Å²) in [5, 5.41) is 0. The molecule has 0 bridgehead atoms. The highest BCUT2D eigenvalue weighted by Crippen LogP contribution is 2.35. The van der Waals surface area contributed by atoms with Gasteiger partial charge in [0.25, 0.3) is 11.7 Å². The van der Waals surface area contributed by atoms with Crippen LogP contribution in [0, 0.1) is 0 Å². The summed E-state index contributed by atoms with van der Waals surface area (Å²) >= 11 is 5.16. The quantitative estimate of drug-likeness (QED) is 0.633. The van der Waals surface area contributed by atoms with Gasteiger partial charge in [0.1, 0.15) is 0 Å².